The van der Waals surface area contributed by atoms with Crippen molar-refractivity contribution < 1.29 is 9.47 Å². The standard InChI is InChI=1S/C16H27N3O2/c1-16(2)11-9-13(16)12(14(10-11)18-19-17)6-8-21-15-5-3-4-7-20-15/h11-15H,3-10H2,1-2H3/t11-,12+,13+,14+,15?/m1/s1. The SMILES string of the molecule is CC1(C)[C@H]2C[C@H](N=[N+]=[N-])[C@@H](CCOC3CCCCO3)[C@@H]1C2. The first-order valence-corrected chi connectivity index (χ1v) is 8.40. The van der Waals surface area contributed by atoms with E-state index in [0.717, 1.165) is 44.8 Å². The van der Waals surface area contributed by atoms with Gasteiger partial charge in [-0.15, -0.1) is 0 Å². The van der Waals surface area contributed by atoms with Crippen molar-refractivity contribution >= 4 is 0 Å². The summed E-state index contributed by atoms with van der Waals surface area (Å²) in [4.78, 5) is 3.07. The van der Waals surface area contributed by atoms with Crippen molar-refractivity contribution in [2.75, 3.05) is 13.2 Å². The highest BCUT2D eigenvalue weighted by molar-refractivity contribution is 5.08. The fourth-order valence-corrected chi connectivity index (χ4v) is 4.69. The van der Waals surface area contributed by atoms with Crippen LogP contribution in [0.4, 0.5) is 0 Å². The highest BCUT2D eigenvalue weighted by Gasteiger charge is 2.57. The van der Waals surface area contributed by atoms with E-state index in [-0.39, 0.29) is 12.3 Å². The predicted molar refractivity (Wildman–Crippen MR) is 80.6 cm³/mol. The Kier molecular flexibility index (Phi) is 4.43. The van der Waals surface area contributed by atoms with Gasteiger partial charge in [0.15, 0.2) is 6.29 Å². The Morgan fingerprint density at radius 3 is 2.86 bits per heavy atom. The van der Waals surface area contributed by atoms with Crippen LogP contribution in [-0.4, -0.2) is 25.5 Å². The lowest BCUT2D eigenvalue weighted by molar-refractivity contribution is -0.173. The molecule has 5 heteroatoms. The molecule has 4 aliphatic rings. The molecule has 0 amide bonds. The van der Waals surface area contributed by atoms with Gasteiger partial charge in [0.1, 0.15) is 0 Å². The number of hydrogen-bond acceptors (Lipinski definition) is 3. The molecule has 5 nitrogen and oxygen atoms in total. The van der Waals surface area contributed by atoms with E-state index < -0.39 is 0 Å². The molecule has 3 saturated carbocycles. The predicted octanol–water partition coefficient (Wildman–Crippen LogP) is 4.28. The molecule has 4 fully saturated rings. The molecule has 0 aromatic heterocycles. The second-order valence-corrected chi connectivity index (χ2v) is 7.49. The van der Waals surface area contributed by atoms with Gasteiger partial charge in [0.25, 0.3) is 0 Å². The smallest absolute Gasteiger partial charge is 0.157 e. The molecular formula is C16H27N3O2. The van der Waals surface area contributed by atoms with Crippen molar-refractivity contribution in [3.8, 4) is 0 Å². The fourth-order valence-electron chi connectivity index (χ4n) is 4.69. The van der Waals surface area contributed by atoms with Crippen LogP contribution in [0.5, 0.6) is 0 Å². The second kappa shape index (κ2) is 6.15. The molecule has 3 aliphatic carbocycles. The third-order valence-corrected chi connectivity index (χ3v) is 6.18. The van der Waals surface area contributed by atoms with Gasteiger partial charge in [0.2, 0.25) is 0 Å². The molecule has 0 aromatic carbocycles. The van der Waals surface area contributed by atoms with Crippen LogP contribution in [0.1, 0.15) is 52.4 Å². The van der Waals surface area contributed by atoms with Gasteiger partial charge < -0.3 is 9.47 Å². The number of ether oxygens (including phenoxy) is 2. The molecule has 0 radical (unpaired) electrons. The average Bonchev–Trinajstić information content (AvgIpc) is 2.49. The highest BCUT2D eigenvalue weighted by Crippen LogP contribution is 2.62. The summed E-state index contributed by atoms with van der Waals surface area (Å²) >= 11 is 0. The average molecular weight is 293 g/mol. The first-order valence-electron chi connectivity index (χ1n) is 8.40. The van der Waals surface area contributed by atoms with E-state index >= 15 is 0 Å². The number of rotatable bonds is 5. The number of azide groups is 1. The van der Waals surface area contributed by atoms with E-state index in [9.17, 15) is 0 Å². The number of nitrogens with zero attached hydrogens (tertiary/aromatic N) is 3. The molecule has 1 saturated heterocycles. The Morgan fingerprint density at radius 1 is 1.33 bits per heavy atom. The third-order valence-electron chi connectivity index (χ3n) is 6.18. The fraction of sp³-hybridized carbons (Fsp3) is 1.00. The Labute approximate surface area is 127 Å². The Bertz CT molecular complexity index is 414. The molecule has 1 unspecified atom stereocenters. The van der Waals surface area contributed by atoms with Crippen LogP contribution in [-0.2, 0) is 9.47 Å². The molecule has 1 aliphatic heterocycles. The van der Waals surface area contributed by atoms with Gasteiger partial charge in [-0.05, 0) is 67.2 Å². The number of fused-ring (bicyclic) bond motifs is 2. The topological polar surface area (TPSA) is 67.2 Å². The molecule has 118 valence electrons. The lowest BCUT2D eigenvalue weighted by atomic mass is 9.44. The molecular weight excluding hydrogens is 266 g/mol. The summed E-state index contributed by atoms with van der Waals surface area (Å²) in [5.41, 5.74) is 9.21. The van der Waals surface area contributed by atoms with E-state index in [1.165, 1.54) is 12.8 Å². The second-order valence-electron chi connectivity index (χ2n) is 7.49. The maximum Gasteiger partial charge on any atom is 0.157 e. The van der Waals surface area contributed by atoms with Gasteiger partial charge in [-0.2, -0.15) is 0 Å². The molecule has 0 aromatic rings. The Hall–Kier alpha value is -0.770. The lowest BCUT2D eigenvalue weighted by Gasteiger charge is -2.62. The van der Waals surface area contributed by atoms with Gasteiger partial charge in [0.05, 0.1) is 6.61 Å². The van der Waals surface area contributed by atoms with Crippen molar-refractivity contribution in [3.05, 3.63) is 10.4 Å². The van der Waals surface area contributed by atoms with Crippen LogP contribution in [0.3, 0.4) is 0 Å². The van der Waals surface area contributed by atoms with Crippen LogP contribution < -0.4 is 0 Å². The van der Waals surface area contributed by atoms with Gasteiger partial charge in [-0.3, -0.25) is 0 Å². The van der Waals surface area contributed by atoms with Crippen LogP contribution in [0, 0.1) is 23.2 Å². The molecule has 2 bridgehead atoms. The quantitative estimate of drug-likeness (QED) is 0.431. The Balaban J connectivity index is 1.54. The van der Waals surface area contributed by atoms with Crippen molar-refractivity contribution in [1.82, 2.24) is 0 Å². The highest BCUT2D eigenvalue weighted by atomic mass is 16.7. The van der Waals surface area contributed by atoms with Gasteiger partial charge in [-0.1, -0.05) is 19.0 Å². The molecule has 4 rings (SSSR count). The first-order chi connectivity index (χ1) is 10.1. The zero-order chi connectivity index (χ0) is 14.9. The minimum absolute atomic E-state index is 0.0117. The molecule has 0 spiro atoms. The number of hydrogen-bond donors (Lipinski definition) is 0. The van der Waals surface area contributed by atoms with Crippen LogP contribution >= 0.6 is 0 Å². The minimum Gasteiger partial charge on any atom is -0.353 e. The summed E-state index contributed by atoms with van der Waals surface area (Å²) < 4.78 is 11.5. The maximum absolute atomic E-state index is 8.80. The van der Waals surface area contributed by atoms with Gasteiger partial charge in [-0.25, -0.2) is 0 Å². The molecule has 5 atom stereocenters. The monoisotopic (exact) mass is 293 g/mol. The Morgan fingerprint density at radius 2 is 2.19 bits per heavy atom. The molecule has 21 heavy (non-hydrogen) atoms. The summed E-state index contributed by atoms with van der Waals surface area (Å²) in [5.74, 6) is 1.89. The van der Waals surface area contributed by atoms with Crippen molar-refractivity contribution in [3.63, 3.8) is 0 Å². The normalized spacial score (nSPS) is 41.0. The summed E-state index contributed by atoms with van der Waals surface area (Å²) in [6.07, 6.45) is 6.70. The van der Waals surface area contributed by atoms with Crippen LogP contribution in [0.15, 0.2) is 5.11 Å². The van der Waals surface area contributed by atoms with Crippen molar-refractivity contribution in [2.24, 2.45) is 28.3 Å². The van der Waals surface area contributed by atoms with Crippen LogP contribution in [0.25, 0.3) is 10.4 Å². The summed E-state index contributed by atoms with van der Waals surface area (Å²) in [5, 5.41) is 4.07. The summed E-state index contributed by atoms with van der Waals surface area (Å²) in [6.45, 7) is 6.29. The van der Waals surface area contributed by atoms with Crippen molar-refractivity contribution in [2.45, 2.75) is 64.7 Å². The van der Waals surface area contributed by atoms with E-state index in [1.807, 2.05) is 0 Å². The molecule has 1 heterocycles. The first kappa shape index (κ1) is 15.1. The van der Waals surface area contributed by atoms with E-state index in [4.69, 9.17) is 15.0 Å². The largest absolute Gasteiger partial charge is 0.353 e. The molecule has 0 N–H and O–H groups in total. The van der Waals surface area contributed by atoms with E-state index in [2.05, 4.69) is 23.9 Å². The maximum atomic E-state index is 8.80. The zero-order valence-corrected chi connectivity index (χ0v) is 13.2. The van der Waals surface area contributed by atoms with Crippen molar-refractivity contribution in [1.29, 1.82) is 0 Å². The third kappa shape index (κ3) is 2.92. The van der Waals surface area contributed by atoms with Crippen LogP contribution in [0.2, 0.25) is 0 Å². The van der Waals surface area contributed by atoms with E-state index in [0.29, 0.717) is 17.3 Å². The lowest BCUT2D eigenvalue weighted by Crippen LogP contribution is -2.57. The summed E-state index contributed by atoms with van der Waals surface area (Å²) in [7, 11) is 0. The van der Waals surface area contributed by atoms with Gasteiger partial charge in [0, 0.05) is 17.6 Å². The minimum atomic E-state index is -0.0117. The van der Waals surface area contributed by atoms with Gasteiger partial charge >= 0.3 is 0 Å². The van der Waals surface area contributed by atoms with E-state index in [1.54, 1.807) is 0 Å². The summed E-state index contributed by atoms with van der Waals surface area (Å²) in [6, 6.07) is 0.169. The zero-order valence-electron chi connectivity index (χ0n) is 13.2.